The summed E-state index contributed by atoms with van der Waals surface area (Å²) in [4.78, 5) is 19.3. The van der Waals surface area contributed by atoms with Crippen molar-refractivity contribution >= 4 is 21.6 Å². The van der Waals surface area contributed by atoms with Crippen molar-refractivity contribution in [2.75, 3.05) is 0 Å². The first-order valence-electron chi connectivity index (χ1n) is 10.1. The molecule has 2 aromatic carbocycles. The Morgan fingerprint density at radius 2 is 1.97 bits per heavy atom. The molecule has 0 aliphatic carbocycles. The molecule has 0 spiro atoms. The van der Waals surface area contributed by atoms with Gasteiger partial charge in [0.1, 0.15) is 10.7 Å². The van der Waals surface area contributed by atoms with E-state index in [1.807, 2.05) is 23.6 Å². The zero-order valence-electron chi connectivity index (χ0n) is 17.4. The van der Waals surface area contributed by atoms with E-state index in [0.29, 0.717) is 17.5 Å². The Labute approximate surface area is 180 Å². The van der Waals surface area contributed by atoms with Crippen LogP contribution in [0.2, 0.25) is 0 Å². The SMILES string of the molecule is CCCc1nc2scc(-c3ccc(C)cc3C)c2c(=O)n1Cc1cccc(C#N)c1. The van der Waals surface area contributed by atoms with Gasteiger partial charge in [0.25, 0.3) is 5.56 Å². The molecule has 0 N–H and O–H groups in total. The van der Waals surface area contributed by atoms with Crippen molar-refractivity contribution in [1.29, 1.82) is 5.26 Å². The van der Waals surface area contributed by atoms with Crippen LogP contribution >= 0.6 is 11.3 Å². The van der Waals surface area contributed by atoms with Crippen molar-refractivity contribution in [1.82, 2.24) is 9.55 Å². The Hall–Kier alpha value is -3.23. The predicted octanol–water partition coefficient (Wildman–Crippen LogP) is 5.61. The Morgan fingerprint density at radius 1 is 1.13 bits per heavy atom. The summed E-state index contributed by atoms with van der Waals surface area (Å²) in [5.74, 6) is 0.798. The smallest absolute Gasteiger partial charge is 0.263 e. The monoisotopic (exact) mass is 413 g/mol. The third-order valence-corrected chi connectivity index (χ3v) is 6.19. The van der Waals surface area contributed by atoms with Crippen LogP contribution in [0, 0.1) is 25.2 Å². The van der Waals surface area contributed by atoms with Crippen molar-refractivity contribution in [3.8, 4) is 17.2 Å². The summed E-state index contributed by atoms with van der Waals surface area (Å²) < 4.78 is 1.78. The lowest BCUT2D eigenvalue weighted by Gasteiger charge is -2.13. The van der Waals surface area contributed by atoms with Gasteiger partial charge in [-0.05, 0) is 49.1 Å². The fourth-order valence-electron chi connectivity index (χ4n) is 3.88. The molecule has 0 amide bonds. The Kier molecular flexibility index (Phi) is 5.52. The minimum absolute atomic E-state index is 0.0120. The molecular weight excluding hydrogens is 390 g/mol. The van der Waals surface area contributed by atoms with Gasteiger partial charge in [0.05, 0.1) is 23.6 Å². The molecule has 4 nitrogen and oxygen atoms in total. The highest BCUT2D eigenvalue weighted by atomic mass is 32.1. The first kappa shape index (κ1) is 20.1. The van der Waals surface area contributed by atoms with Gasteiger partial charge < -0.3 is 0 Å². The molecule has 0 aliphatic rings. The standard InChI is InChI=1S/C25H23N3OS/c1-4-6-22-27-24-23(21(15-30-24)20-10-9-16(2)11-17(20)3)25(29)28(22)14-19-8-5-7-18(12-19)13-26/h5,7-12,15H,4,6,14H2,1-3H3. The van der Waals surface area contributed by atoms with Crippen molar-refractivity contribution in [3.05, 3.63) is 86.3 Å². The van der Waals surface area contributed by atoms with Gasteiger partial charge in [0, 0.05) is 17.4 Å². The normalized spacial score (nSPS) is 11.0. The molecule has 150 valence electrons. The number of hydrogen-bond donors (Lipinski definition) is 0. The summed E-state index contributed by atoms with van der Waals surface area (Å²) in [6.45, 7) is 6.65. The molecule has 4 rings (SSSR count). The second kappa shape index (κ2) is 8.25. The predicted molar refractivity (Wildman–Crippen MR) is 123 cm³/mol. The molecular formula is C25H23N3OS. The molecule has 0 aliphatic heterocycles. The van der Waals surface area contributed by atoms with E-state index in [-0.39, 0.29) is 5.56 Å². The number of benzene rings is 2. The zero-order valence-corrected chi connectivity index (χ0v) is 18.2. The summed E-state index contributed by atoms with van der Waals surface area (Å²) >= 11 is 1.53. The van der Waals surface area contributed by atoms with Crippen LogP contribution in [0.1, 0.15) is 41.4 Å². The molecule has 4 aromatic rings. The average Bonchev–Trinajstić information content (AvgIpc) is 3.15. The molecule has 0 saturated heterocycles. The van der Waals surface area contributed by atoms with E-state index in [1.54, 1.807) is 10.6 Å². The Bertz CT molecular complexity index is 1340. The molecule has 30 heavy (non-hydrogen) atoms. The van der Waals surface area contributed by atoms with Crippen LogP contribution < -0.4 is 5.56 Å². The first-order chi connectivity index (χ1) is 14.5. The van der Waals surface area contributed by atoms with Crippen LogP contribution in [0.3, 0.4) is 0 Å². The van der Waals surface area contributed by atoms with E-state index >= 15 is 0 Å². The van der Waals surface area contributed by atoms with Crippen LogP contribution in [-0.2, 0) is 13.0 Å². The maximum Gasteiger partial charge on any atom is 0.263 e. The van der Waals surface area contributed by atoms with Crippen molar-refractivity contribution in [3.63, 3.8) is 0 Å². The molecule has 0 atom stereocenters. The second-order valence-electron chi connectivity index (χ2n) is 7.63. The van der Waals surface area contributed by atoms with Gasteiger partial charge in [-0.3, -0.25) is 9.36 Å². The molecule has 0 radical (unpaired) electrons. The molecule has 0 unspecified atom stereocenters. The average molecular weight is 414 g/mol. The summed E-state index contributed by atoms with van der Waals surface area (Å²) in [6, 6.07) is 15.9. The van der Waals surface area contributed by atoms with Gasteiger partial charge in [0.15, 0.2) is 0 Å². The summed E-state index contributed by atoms with van der Waals surface area (Å²) in [5.41, 5.74) is 5.90. The lowest BCUT2D eigenvalue weighted by molar-refractivity contribution is 0.666. The van der Waals surface area contributed by atoms with Crippen LogP contribution in [0.5, 0.6) is 0 Å². The maximum absolute atomic E-state index is 13.7. The van der Waals surface area contributed by atoms with Crippen LogP contribution in [0.15, 0.2) is 52.6 Å². The molecule has 2 heterocycles. The highest BCUT2D eigenvalue weighted by Crippen LogP contribution is 2.33. The first-order valence-corrected chi connectivity index (χ1v) is 11.0. The Morgan fingerprint density at radius 3 is 2.70 bits per heavy atom. The topological polar surface area (TPSA) is 58.7 Å². The van der Waals surface area contributed by atoms with E-state index in [4.69, 9.17) is 4.98 Å². The minimum Gasteiger partial charge on any atom is -0.292 e. The number of fused-ring (bicyclic) bond motifs is 1. The van der Waals surface area contributed by atoms with Gasteiger partial charge in [-0.15, -0.1) is 11.3 Å². The van der Waals surface area contributed by atoms with Crippen molar-refractivity contribution in [2.45, 2.75) is 40.2 Å². The summed E-state index contributed by atoms with van der Waals surface area (Å²) in [5, 5.41) is 11.9. The maximum atomic E-state index is 13.7. The fraction of sp³-hybridized carbons (Fsp3) is 0.240. The molecule has 0 bridgehead atoms. The van der Waals surface area contributed by atoms with E-state index < -0.39 is 0 Å². The van der Waals surface area contributed by atoms with Gasteiger partial charge in [-0.2, -0.15) is 5.26 Å². The van der Waals surface area contributed by atoms with E-state index in [1.165, 1.54) is 16.9 Å². The number of aromatic nitrogens is 2. The highest BCUT2D eigenvalue weighted by molar-refractivity contribution is 7.17. The quantitative estimate of drug-likeness (QED) is 0.427. The third-order valence-electron chi connectivity index (χ3n) is 5.32. The van der Waals surface area contributed by atoms with E-state index in [2.05, 4.69) is 45.0 Å². The summed E-state index contributed by atoms with van der Waals surface area (Å²) in [7, 11) is 0. The Balaban J connectivity index is 1.92. The van der Waals surface area contributed by atoms with Gasteiger partial charge >= 0.3 is 0 Å². The summed E-state index contributed by atoms with van der Waals surface area (Å²) in [6.07, 6.45) is 1.64. The number of hydrogen-bond acceptors (Lipinski definition) is 4. The van der Waals surface area contributed by atoms with Gasteiger partial charge in [0.2, 0.25) is 0 Å². The number of nitrogens with zero attached hydrogens (tertiary/aromatic N) is 3. The van der Waals surface area contributed by atoms with Crippen LogP contribution in [0.25, 0.3) is 21.3 Å². The lowest BCUT2D eigenvalue weighted by Crippen LogP contribution is -2.26. The van der Waals surface area contributed by atoms with Crippen molar-refractivity contribution < 1.29 is 0 Å². The van der Waals surface area contributed by atoms with Gasteiger partial charge in [-0.25, -0.2) is 4.98 Å². The molecule has 2 aromatic heterocycles. The highest BCUT2D eigenvalue weighted by Gasteiger charge is 2.18. The number of nitriles is 1. The van der Waals surface area contributed by atoms with Crippen molar-refractivity contribution in [2.24, 2.45) is 0 Å². The fourth-order valence-corrected chi connectivity index (χ4v) is 4.83. The molecule has 0 saturated carbocycles. The largest absolute Gasteiger partial charge is 0.292 e. The van der Waals surface area contributed by atoms with E-state index in [9.17, 15) is 10.1 Å². The lowest BCUT2D eigenvalue weighted by atomic mass is 9.99. The molecule has 5 heteroatoms. The van der Waals surface area contributed by atoms with Crippen LogP contribution in [-0.4, -0.2) is 9.55 Å². The number of thiophene rings is 1. The number of aryl methyl sites for hydroxylation is 3. The van der Waals surface area contributed by atoms with Gasteiger partial charge in [-0.1, -0.05) is 42.8 Å². The zero-order chi connectivity index (χ0) is 21.3. The second-order valence-corrected chi connectivity index (χ2v) is 8.49. The number of rotatable bonds is 5. The molecule has 0 fully saturated rings. The van der Waals surface area contributed by atoms with E-state index in [0.717, 1.165) is 45.8 Å². The van der Waals surface area contributed by atoms with Crippen LogP contribution in [0.4, 0.5) is 0 Å². The minimum atomic E-state index is -0.0120. The third kappa shape index (κ3) is 3.67.